The minimum Gasteiger partial charge on any atom is -0.466 e. The summed E-state index contributed by atoms with van der Waals surface area (Å²) in [5, 5.41) is 0. The number of esters is 3. The molecule has 0 fully saturated rings. The maximum absolute atomic E-state index is 10.2. The van der Waals surface area contributed by atoms with E-state index >= 15 is 0 Å². The predicted molar refractivity (Wildman–Crippen MR) is 75.9 cm³/mol. The molecule has 0 aromatic rings. The number of hydrogen-bond donors (Lipinski definition) is 0. The molecule has 0 rings (SSSR count). The third-order valence-electron chi connectivity index (χ3n) is 1.44. The van der Waals surface area contributed by atoms with Gasteiger partial charge in [-0.3, -0.25) is 0 Å². The summed E-state index contributed by atoms with van der Waals surface area (Å²) < 4.78 is 12.7. The highest BCUT2D eigenvalue weighted by Crippen LogP contribution is 1.87. The van der Waals surface area contributed by atoms with Crippen molar-refractivity contribution in [2.45, 2.75) is 13.8 Å². The van der Waals surface area contributed by atoms with Gasteiger partial charge < -0.3 is 14.2 Å². The molecule has 0 saturated heterocycles. The van der Waals surface area contributed by atoms with Crippen molar-refractivity contribution in [3.8, 4) is 0 Å². The minimum absolute atomic E-state index is 0.347. The highest BCUT2D eigenvalue weighted by molar-refractivity contribution is 5.87. The summed E-state index contributed by atoms with van der Waals surface area (Å²) in [6.07, 6.45) is 1.11. The summed E-state index contributed by atoms with van der Waals surface area (Å²) in [6, 6.07) is 0. The molecule has 0 spiro atoms. The topological polar surface area (TPSA) is 78.9 Å². The smallest absolute Gasteiger partial charge is 0.332 e. The quantitative estimate of drug-likeness (QED) is 0.447. The molecule has 0 amide bonds. The zero-order valence-electron chi connectivity index (χ0n) is 12.6. The van der Waals surface area contributed by atoms with E-state index in [1.165, 1.54) is 21.3 Å². The Morgan fingerprint density at radius 3 is 1.10 bits per heavy atom. The number of ether oxygens (including phenoxy) is 3. The van der Waals surface area contributed by atoms with Gasteiger partial charge in [-0.15, -0.1) is 0 Å². The Labute approximate surface area is 119 Å². The second-order valence-electron chi connectivity index (χ2n) is 3.27. The molecule has 0 heterocycles. The normalized spacial score (nSPS) is 7.45. The third kappa shape index (κ3) is 18.0. The van der Waals surface area contributed by atoms with Gasteiger partial charge >= 0.3 is 17.9 Å². The van der Waals surface area contributed by atoms with Gasteiger partial charge in [-0.05, 0) is 13.8 Å². The van der Waals surface area contributed by atoms with E-state index in [-0.39, 0.29) is 11.9 Å². The lowest BCUT2D eigenvalue weighted by atomic mass is 10.4. The Morgan fingerprint density at radius 2 is 1.10 bits per heavy atom. The van der Waals surface area contributed by atoms with Crippen LogP contribution in [0.4, 0.5) is 0 Å². The van der Waals surface area contributed by atoms with Gasteiger partial charge in [-0.1, -0.05) is 19.7 Å². The Balaban J connectivity index is -0.000000218. The lowest BCUT2D eigenvalue weighted by molar-refractivity contribution is -0.136. The lowest BCUT2D eigenvalue weighted by Crippen LogP contribution is -1.98. The lowest BCUT2D eigenvalue weighted by Gasteiger charge is -1.91. The van der Waals surface area contributed by atoms with E-state index in [1.54, 1.807) is 13.8 Å². The second kappa shape index (κ2) is 14.7. The first-order valence-electron chi connectivity index (χ1n) is 5.35. The van der Waals surface area contributed by atoms with Gasteiger partial charge in [0.2, 0.25) is 0 Å². The van der Waals surface area contributed by atoms with Crippen LogP contribution in [0.2, 0.25) is 0 Å². The van der Waals surface area contributed by atoms with Gasteiger partial charge in [0.05, 0.1) is 21.3 Å². The van der Waals surface area contributed by atoms with Crippen LogP contribution < -0.4 is 0 Å². The maximum Gasteiger partial charge on any atom is 0.332 e. The molecule has 0 radical (unpaired) electrons. The minimum atomic E-state index is -0.394. The summed E-state index contributed by atoms with van der Waals surface area (Å²) in [7, 11) is 3.97. The van der Waals surface area contributed by atoms with Gasteiger partial charge in [0.1, 0.15) is 0 Å². The SMILES string of the molecule is C=C(C)C(=O)OC.C=C(C)C(=O)OC.C=CC(=O)OC. The number of carbonyl (C=O) groups is 3. The van der Waals surface area contributed by atoms with Crippen molar-refractivity contribution in [2.75, 3.05) is 21.3 Å². The average Bonchev–Trinajstić information content (AvgIpc) is 2.45. The van der Waals surface area contributed by atoms with Crippen LogP contribution in [-0.4, -0.2) is 39.2 Å². The average molecular weight is 286 g/mol. The van der Waals surface area contributed by atoms with E-state index in [0.717, 1.165) is 6.08 Å². The molecule has 0 atom stereocenters. The van der Waals surface area contributed by atoms with Crippen molar-refractivity contribution in [1.82, 2.24) is 0 Å². The van der Waals surface area contributed by atoms with Crippen molar-refractivity contribution in [3.63, 3.8) is 0 Å². The zero-order valence-corrected chi connectivity index (χ0v) is 12.6. The number of rotatable bonds is 3. The van der Waals surface area contributed by atoms with Gasteiger partial charge in [-0.2, -0.15) is 0 Å². The van der Waals surface area contributed by atoms with Gasteiger partial charge in [0.15, 0.2) is 0 Å². The third-order valence-corrected chi connectivity index (χ3v) is 1.44. The van der Waals surface area contributed by atoms with Crippen molar-refractivity contribution in [2.24, 2.45) is 0 Å². The molecule has 0 saturated carbocycles. The van der Waals surface area contributed by atoms with Crippen LogP contribution in [-0.2, 0) is 28.6 Å². The molecular formula is C14H22O6. The first kappa shape index (κ1) is 22.8. The summed E-state index contributed by atoms with van der Waals surface area (Å²) in [6.45, 7) is 13.1. The van der Waals surface area contributed by atoms with Gasteiger partial charge in [-0.25, -0.2) is 14.4 Å². The van der Waals surface area contributed by atoms with Crippen LogP contribution in [0.15, 0.2) is 37.0 Å². The monoisotopic (exact) mass is 286 g/mol. The van der Waals surface area contributed by atoms with Crippen molar-refractivity contribution in [3.05, 3.63) is 37.0 Å². The molecule has 114 valence electrons. The Kier molecular flexibility index (Phi) is 16.7. The van der Waals surface area contributed by atoms with Crippen molar-refractivity contribution < 1.29 is 28.6 Å². The molecule has 0 N–H and O–H groups in total. The molecule has 0 aromatic carbocycles. The molecule has 6 heteroatoms. The Bertz CT molecular complexity index is 342. The number of methoxy groups -OCH3 is 3. The highest BCUT2D eigenvalue weighted by atomic mass is 16.5. The first-order chi connectivity index (χ1) is 9.17. The van der Waals surface area contributed by atoms with Crippen LogP contribution in [0.25, 0.3) is 0 Å². The molecular weight excluding hydrogens is 264 g/mol. The molecule has 0 bridgehead atoms. The van der Waals surface area contributed by atoms with Gasteiger partial charge in [0, 0.05) is 17.2 Å². The highest BCUT2D eigenvalue weighted by Gasteiger charge is 1.96. The number of hydrogen-bond acceptors (Lipinski definition) is 6. The standard InChI is InChI=1S/2C5H8O2.C4H6O2/c2*1-4(2)5(6)7-3;1-3-4(5)6-2/h2*1H2,2-3H3;3H,1H2,2H3. The van der Waals surface area contributed by atoms with Gasteiger partial charge in [0.25, 0.3) is 0 Å². The number of carbonyl (C=O) groups excluding carboxylic acids is 3. The second-order valence-corrected chi connectivity index (χ2v) is 3.27. The van der Waals surface area contributed by atoms with E-state index < -0.39 is 5.97 Å². The summed E-state index contributed by atoms with van der Waals surface area (Å²) in [4.78, 5) is 30.2. The van der Waals surface area contributed by atoms with E-state index in [9.17, 15) is 14.4 Å². The summed E-state index contributed by atoms with van der Waals surface area (Å²) >= 11 is 0. The van der Waals surface area contributed by atoms with Crippen LogP contribution in [0.3, 0.4) is 0 Å². The molecule has 0 aliphatic heterocycles. The van der Waals surface area contributed by atoms with Crippen LogP contribution in [0, 0.1) is 0 Å². The van der Waals surface area contributed by atoms with E-state index in [1.807, 2.05) is 0 Å². The van der Waals surface area contributed by atoms with E-state index in [0.29, 0.717) is 11.1 Å². The largest absolute Gasteiger partial charge is 0.466 e. The van der Waals surface area contributed by atoms with E-state index in [2.05, 4.69) is 33.9 Å². The summed E-state index contributed by atoms with van der Waals surface area (Å²) in [5.41, 5.74) is 0.866. The zero-order chi connectivity index (χ0) is 16.7. The first-order valence-corrected chi connectivity index (χ1v) is 5.35. The van der Waals surface area contributed by atoms with Crippen LogP contribution in [0.1, 0.15) is 13.8 Å². The molecule has 20 heavy (non-hydrogen) atoms. The Hall–Kier alpha value is -2.37. The van der Waals surface area contributed by atoms with Crippen molar-refractivity contribution >= 4 is 17.9 Å². The molecule has 0 aromatic heterocycles. The fraction of sp³-hybridized carbons (Fsp3) is 0.357. The van der Waals surface area contributed by atoms with Crippen LogP contribution in [0.5, 0.6) is 0 Å². The molecule has 0 aliphatic rings. The molecule has 0 aliphatic carbocycles. The predicted octanol–water partition coefficient (Wildman–Crippen LogP) is 1.82. The van der Waals surface area contributed by atoms with E-state index in [4.69, 9.17) is 0 Å². The fourth-order valence-corrected chi connectivity index (χ4v) is 0.432. The Morgan fingerprint density at radius 1 is 0.800 bits per heavy atom. The van der Waals surface area contributed by atoms with Crippen molar-refractivity contribution in [1.29, 1.82) is 0 Å². The summed E-state index contributed by atoms with van der Waals surface area (Å²) in [5.74, 6) is -1.09. The maximum atomic E-state index is 10.2. The fourth-order valence-electron chi connectivity index (χ4n) is 0.432. The van der Waals surface area contributed by atoms with Crippen LogP contribution >= 0.6 is 0 Å². The molecule has 0 unspecified atom stereocenters. The molecule has 6 nitrogen and oxygen atoms in total.